The van der Waals surface area contributed by atoms with Crippen molar-refractivity contribution < 1.29 is 4.79 Å². The minimum Gasteiger partial charge on any atom is -0.356 e. The van der Waals surface area contributed by atoms with E-state index in [9.17, 15) is 4.79 Å². The monoisotopic (exact) mass is 445 g/mol. The molecule has 4 atom stereocenters. The van der Waals surface area contributed by atoms with Gasteiger partial charge in [-0.15, -0.1) is 0 Å². The lowest BCUT2D eigenvalue weighted by Crippen LogP contribution is -2.45. The van der Waals surface area contributed by atoms with Crippen LogP contribution in [0.25, 0.3) is 10.8 Å². The van der Waals surface area contributed by atoms with Gasteiger partial charge in [0, 0.05) is 18.2 Å². The summed E-state index contributed by atoms with van der Waals surface area (Å²) in [6.07, 6.45) is 9.97. The van der Waals surface area contributed by atoms with E-state index in [0.717, 1.165) is 51.0 Å². The summed E-state index contributed by atoms with van der Waals surface area (Å²) in [6, 6.07) is 15.3. The van der Waals surface area contributed by atoms with Crippen LogP contribution in [0.4, 0.5) is 0 Å². The van der Waals surface area contributed by atoms with Crippen LogP contribution in [0.1, 0.15) is 56.9 Å². The first-order chi connectivity index (χ1) is 16.2. The van der Waals surface area contributed by atoms with Crippen molar-refractivity contribution in [2.45, 2.75) is 57.8 Å². The molecule has 0 bridgehead atoms. The fraction of sp³-hybridized carbons (Fsp3) is 0.586. The largest absolute Gasteiger partial charge is 0.356 e. The lowest BCUT2D eigenvalue weighted by atomic mass is 9.64. The number of carbonyl (C=O) groups is 1. The van der Waals surface area contributed by atoms with Gasteiger partial charge in [0.1, 0.15) is 0 Å². The summed E-state index contributed by atoms with van der Waals surface area (Å²) in [7, 11) is 0. The molecule has 0 radical (unpaired) electrons. The average molecular weight is 446 g/mol. The SMILES string of the molecule is N=C(CC1CCC1C(=O)NCC1CCNCC1)C1CCC1CCc1cccc2ccccc12. The molecule has 2 aromatic rings. The zero-order valence-electron chi connectivity index (χ0n) is 19.8. The molecule has 1 saturated heterocycles. The van der Waals surface area contributed by atoms with Gasteiger partial charge >= 0.3 is 0 Å². The van der Waals surface area contributed by atoms with Crippen molar-refractivity contribution in [2.75, 3.05) is 19.6 Å². The standard InChI is InChI=1S/C29H39N3O/c30-28(18-24-11-13-27(24)29(33)32-19-20-14-16-31-17-15-20)26-12-10-23(26)9-8-22-6-3-5-21-4-1-2-7-25(21)22/h1-7,20,23-24,26-27,30-31H,8-19H2,(H,32,33). The third kappa shape index (κ3) is 5.16. The van der Waals surface area contributed by atoms with E-state index < -0.39 is 0 Å². The lowest BCUT2D eigenvalue weighted by Gasteiger charge is -2.41. The number of fused-ring (bicyclic) bond motifs is 1. The zero-order chi connectivity index (χ0) is 22.6. The zero-order valence-corrected chi connectivity index (χ0v) is 19.8. The Balaban J connectivity index is 1.08. The summed E-state index contributed by atoms with van der Waals surface area (Å²) in [4.78, 5) is 12.7. The summed E-state index contributed by atoms with van der Waals surface area (Å²) < 4.78 is 0. The van der Waals surface area contributed by atoms with E-state index in [1.807, 2.05) is 0 Å². The molecule has 176 valence electrons. The topological polar surface area (TPSA) is 65.0 Å². The van der Waals surface area contributed by atoms with Crippen LogP contribution in [0.5, 0.6) is 0 Å². The van der Waals surface area contributed by atoms with Crippen LogP contribution in [0.3, 0.4) is 0 Å². The Morgan fingerprint density at radius 2 is 1.67 bits per heavy atom. The highest BCUT2D eigenvalue weighted by molar-refractivity contribution is 5.87. The Kier molecular flexibility index (Phi) is 7.10. The highest BCUT2D eigenvalue weighted by atomic mass is 16.1. The molecular weight excluding hydrogens is 406 g/mol. The minimum absolute atomic E-state index is 0.140. The molecule has 33 heavy (non-hydrogen) atoms. The van der Waals surface area contributed by atoms with Crippen LogP contribution < -0.4 is 10.6 Å². The number of piperidine rings is 1. The van der Waals surface area contributed by atoms with E-state index in [0.29, 0.717) is 23.7 Å². The molecule has 4 unspecified atom stereocenters. The molecule has 3 aliphatic rings. The van der Waals surface area contributed by atoms with Crippen molar-refractivity contribution in [2.24, 2.45) is 29.6 Å². The number of carbonyl (C=O) groups excluding carboxylic acids is 1. The van der Waals surface area contributed by atoms with Crippen molar-refractivity contribution in [1.82, 2.24) is 10.6 Å². The predicted molar refractivity (Wildman–Crippen MR) is 136 cm³/mol. The molecule has 1 amide bonds. The maximum atomic E-state index is 12.7. The summed E-state index contributed by atoms with van der Waals surface area (Å²) in [5.41, 5.74) is 2.36. The van der Waals surface area contributed by atoms with E-state index in [1.54, 1.807) is 0 Å². The summed E-state index contributed by atoms with van der Waals surface area (Å²) >= 11 is 0. The van der Waals surface area contributed by atoms with E-state index in [4.69, 9.17) is 5.41 Å². The lowest BCUT2D eigenvalue weighted by molar-refractivity contribution is -0.130. The highest BCUT2D eigenvalue weighted by Gasteiger charge is 2.40. The van der Waals surface area contributed by atoms with Gasteiger partial charge in [-0.25, -0.2) is 0 Å². The predicted octanol–water partition coefficient (Wildman–Crippen LogP) is 5.35. The van der Waals surface area contributed by atoms with Crippen LogP contribution in [0, 0.1) is 35.0 Å². The third-order valence-electron chi connectivity index (χ3n) is 8.79. The van der Waals surface area contributed by atoms with Gasteiger partial charge in [-0.3, -0.25) is 4.79 Å². The molecule has 2 aromatic carbocycles. The smallest absolute Gasteiger partial charge is 0.223 e. The van der Waals surface area contributed by atoms with Crippen LogP contribution in [0.15, 0.2) is 42.5 Å². The first-order valence-electron chi connectivity index (χ1n) is 13.2. The molecule has 4 nitrogen and oxygen atoms in total. The minimum atomic E-state index is 0.140. The molecule has 4 heteroatoms. The summed E-state index contributed by atoms with van der Waals surface area (Å²) in [5, 5.41) is 18.1. The Hall–Kier alpha value is -2.20. The van der Waals surface area contributed by atoms with Gasteiger partial charge in [-0.1, -0.05) is 42.5 Å². The van der Waals surface area contributed by atoms with Crippen LogP contribution in [-0.4, -0.2) is 31.3 Å². The second-order valence-corrected chi connectivity index (χ2v) is 10.7. The van der Waals surface area contributed by atoms with Crippen LogP contribution in [0.2, 0.25) is 0 Å². The Morgan fingerprint density at radius 1 is 0.909 bits per heavy atom. The van der Waals surface area contributed by atoms with Crippen molar-refractivity contribution in [3.63, 3.8) is 0 Å². The van der Waals surface area contributed by atoms with Crippen molar-refractivity contribution >= 4 is 22.4 Å². The molecule has 3 N–H and O–H groups in total. The second-order valence-electron chi connectivity index (χ2n) is 10.7. The maximum Gasteiger partial charge on any atom is 0.223 e. The molecule has 5 rings (SSSR count). The molecule has 1 heterocycles. The molecule has 0 aromatic heterocycles. The van der Waals surface area contributed by atoms with Crippen LogP contribution in [-0.2, 0) is 11.2 Å². The van der Waals surface area contributed by atoms with Gasteiger partial charge < -0.3 is 16.0 Å². The van der Waals surface area contributed by atoms with Gasteiger partial charge in [0.25, 0.3) is 0 Å². The van der Waals surface area contributed by atoms with Crippen molar-refractivity contribution in [3.8, 4) is 0 Å². The fourth-order valence-electron chi connectivity index (χ4n) is 6.28. The summed E-state index contributed by atoms with van der Waals surface area (Å²) in [6.45, 7) is 2.99. The molecular formula is C29H39N3O. The number of rotatable bonds is 9. The number of aryl methyl sites for hydroxylation is 1. The average Bonchev–Trinajstić information content (AvgIpc) is 2.81. The Morgan fingerprint density at radius 3 is 2.42 bits per heavy atom. The number of hydrogen-bond acceptors (Lipinski definition) is 3. The van der Waals surface area contributed by atoms with E-state index in [1.165, 1.54) is 48.4 Å². The number of nitrogens with one attached hydrogen (secondary N) is 3. The van der Waals surface area contributed by atoms with Gasteiger partial charge in [0.2, 0.25) is 5.91 Å². The van der Waals surface area contributed by atoms with Crippen molar-refractivity contribution in [3.05, 3.63) is 48.0 Å². The highest BCUT2D eigenvalue weighted by Crippen LogP contribution is 2.43. The quantitative estimate of drug-likeness (QED) is 0.456. The molecule has 3 fully saturated rings. The fourth-order valence-corrected chi connectivity index (χ4v) is 6.28. The van der Waals surface area contributed by atoms with Gasteiger partial charge in [-0.05, 0) is 111 Å². The van der Waals surface area contributed by atoms with Crippen LogP contribution >= 0.6 is 0 Å². The van der Waals surface area contributed by atoms with E-state index in [-0.39, 0.29) is 11.8 Å². The maximum absolute atomic E-state index is 12.7. The number of amides is 1. The van der Waals surface area contributed by atoms with E-state index >= 15 is 0 Å². The van der Waals surface area contributed by atoms with Crippen molar-refractivity contribution in [1.29, 1.82) is 5.41 Å². The Bertz CT molecular complexity index is 974. The number of benzene rings is 2. The second kappa shape index (κ2) is 10.4. The van der Waals surface area contributed by atoms with Gasteiger partial charge in [0.15, 0.2) is 0 Å². The van der Waals surface area contributed by atoms with Gasteiger partial charge in [-0.2, -0.15) is 0 Å². The van der Waals surface area contributed by atoms with E-state index in [2.05, 4.69) is 53.1 Å². The number of hydrogen-bond donors (Lipinski definition) is 3. The molecule has 2 aliphatic carbocycles. The van der Waals surface area contributed by atoms with Gasteiger partial charge in [0.05, 0.1) is 0 Å². The molecule has 2 saturated carbocycles. The first kappa shape index (κ1) is 22.6. The first-order valence-corrected chi connectivity index (χ1v) is 13.2. The third-order valence-corrected chi connectivity index (χ3v) is 8.79. The summed E-state index contributed by atoms with van der Waals surface area (Å²) in [5.74, 6) is 2.50. The molecule has 1 aliphatic heterocycles. The molecule has 0 spiro atoms. The Labute approximate surface area is 198 Å². The normalized spacial score (nSPS) is 27.5.